The van der Waals surface area contributed by atoms with Crippen molar-refractivity contribution in [3.63, 3.8) is 0 Å². The van der Waals surface area contributed by atoms with Gasteiger partial charge in [0.05, 0.1) is 30.8 Å². The van der Waals surface area contributed by atoms with E-state index in [1.165, 1.54) is 7.11 Å². The molecule has 1 amide bonds. The first kappa shape index (κ1) is 15.7. The average Bonchev–Trinajstić information content (AvgIpc) is 2.99. The van der Waals surface area contributed by atoms with Crippen molar-refractivity contribution in [2.45, 2.75) is 6.54 Å². The van der Waals surface area contributed by atoms with E-state index in [4.69, 9.17) is 9.47 Å². The van der Waals surface area contributed by atoms with Crippen LogP contribution in [0.1, 0.15) is 0 Å². The Bertz CT molecular complexity index is 942. The van der Waals surface area contributed by atoms with Gasteiger partial charge < -0.3 is 24.3 Å². The molecule has 2 N–H and O–H groups in total. The second-order valence-electron chi connectivity index (χ2n) is 5.16. The molecule has 0 aliphatic rings. The van der Waals surface area contributed by atoms with Gasteiger partial charge in [0.2, 0.25) is 5.91 Å². The molecule has 0 radical (unpaired) electrons. The van der Waals surface area contributed by atoms with E-state index in [2.05, 4.69) is 10.3 Å². The van der Waals surface area contributed by atoms with E-state index in [0.29, 0.717) is 28.1 Å². The molecule has 24 heavy (non-hydrogen) atoms. The summed E-state index contributed by atoms with van der Waals surface area (Å²) in [6.45, 7) is 0.0855. The molecule has 124 valence electrons. The predicted octanol–water partition coefficient (Wildman–Crippen LogP) is 1.99. The minimum Gasteiger partial charge on any atom is -0.497 e. The summed E-state index contributed by atoms with van der Waals surface area (Å²) in [5.41, 5.74) is 1.08. The van der Waals surface area contributed by atoms with Crippen LogP contribution in [0.15, 0.2) is 47.5 Å². The molecule has 0 fully saturated rings. The maximum Gasteiger partial charge on any atom is 0.257 e. The van der Waals surface area contributed by atoms with E-state index in [-0.39, 0.29) is 18.0 Å². The van der Waals surface area contributed by atoms with Gasteiger partial charge in [-0.3, -0.25) is 9.59 Å². The number of fused-ring (bicyclic) bond motifs is 1. The molecule has 0 spiro atoms. The summed E-state index contributed by atoms with van der Waals surface area (Å²) in [6, 6.07) is 8.60. The molecule has 1 aromatic carbocycles. The second kappa shape index (κ2) is 6.49. The number of methoxy groups -OCH3 is 2. The maximum atomic E-state index is 12.3. The van der Waals surface area contributed by atoms with Crippen LogP contribution in [-0.4, -0.2) is 29.7 Å². The summed E-state index contributed by atoms with van der Waals surface area (Å²) in [4.78, 5) is 26.7. The highest BCUT2D eigenvalue weighted by Gasteiger charge is 2.11. The molecular weight excluding hydrogens is 310 g/mol. The van der Waals surface area contributed by atoms with Crippen molar-refractivity contribution in [1.82, 2.24) is 9.55 Å². The van der Waals surface area contributed by atoms with Crippen molar-refractivity contribution >= 4 is 22.5 Å². The van der Waals surface area contributed by atoms with Crippen LogP contribution < -0.4 is 20.3 Å². The number of rotatable bonds is 5. The van der Waals surface area contributed by atoms with Crippen LogP contribution in [0.2, 0.25) is 0 Å². The predicted molar refractivity (Wildman–Crippen MR) is 90.7 cm³/mol. The minimum atomic E-state index is -0.226. The normalized spacial score (nSPS) is 10.6. The highest BCUT2D eigenvalue weighted by atomic mass is 16.5. The number of anilines is 1. The lowest BCUT2D eigenvalue weighted by molar-refractivity contribution is -0.116. The molecular formula is C17H17N3O4. The lowest BCUT2D eigenvalue weighted by atomic mass is 10.2. The Hall–Kier alpha value is -3.22. The van der Waals surface area contributed by atoms with Crippen molar-refractivity contribution in [2.24, 2.45) is 0 Å². The summed E-state index contributed by atoms with van der Waals surface area (Å²) in [6.07, 6.45) is 3.27. The van der Waals surface area contributed by atoms with Crippen LogP contribution in [0.4, 0.5) is 5.69 Å². The van der Waals surface area contributed by atoms with Gasteiger partial charge >= 0.3 is 0 Å². The third-order valence-corrected chi connectivity index (χ3v) is 3.70. The molecule has 0 aliphatic heterocycles. The Morgan fingerprint density at radius 2 is 2.04 bits per heavy atom. The first-order chi connectivity index (χ1) is 11.6. The van der Waals surface area contributed by atoms with E-state index in [1.54, 1.807) is 54.4 Å². The first-order valence-electron chi connectivity index (χ1n) is 7.31. The Balaban J connectivity index is 1.80. The van der Waals surface area contributed by atoms with Crippen molar-refractivity contribution < 1.29 is 14.3 Å². The van der Waals surface area contributed by atoms with E-state index >= 15 is 0 Å². The van der Waals surface area contributed by atoms with Crippen molar-refractivity contribution in [3.05, 3.63) is 53.1 Å². The Morgan fingerprint density at radius 3 is 2.79 bits per heavy atom. The maximum absolute atomic E-state index is 12.3. The van der Waals surface area contributed by atoms with Gasteiger partial charge in [0.1, 0.15) is 18.0 Å². The largest absolute Gasteiger partial charge is 0.497 e. The number of benzene rings is 1. The number of nitrogens with one attached hydrogen (secondary N) is 2. The van der Waals surface area contributed by atoms with Gasteiger partial charge in [0.15, 0.2) is 0 Å². The van der Waals surface area contributed by atoms with Gasteiger partial charge in [-0.15, -0.1) is 0 Å². The fourth-order valence-corrected chi connectivity index (χ4v) is 2.52. The van der Waals surface area contributed by atoms with E-state index in [0.717, 1.165) is 0 Å². The summed E-state index contributed by atoms with van der Waals surface area (Å²) >= 11 is 0. The molecule has 0 bridgehead atoms. The Kier molecular flexibility index (Phi) is 4.24. The fraction of sp³-hybridized carbons (Fsp3) is 0.176. The number of carbonyl (C=O) groups is 1. The van der Waals surface area contributed by atoms with Gasteiger partial charge in [-0.1, -0.05) is 0 Å². The fourth-order valence-electron chi connectivity index (χ4n) is 2.52. The zero-order chi connectivity index (χ0) is 17.1. The van der Waals surface area contributed by atoms with Crippen LogP contribution in [-0.2, 0) is 11.3 Å². The van der Waals surface area contributed by atoms with Crippen molar-refractivity contribution in [3.8, 4) is 11.5 Å². The lowest BCUT2D eigenvalue weighted by Gasteiger charge is -2.12. The van der Waals surface area contributed by atoms with Gasteiger partial charge in [-0.25, -0.2) is 0 Å². The Labute approximate surface area is 137 Å². The summed E-state index contributed by atoms with van der Waals surface area (Å²) in [5.74, 6) is 0.924. The van der Waals surface area contributed by atoms with Gasteiger partial charge in [-0.2, -0.15) is 0 Å². The number of aromatic nitrogens is 2. The number of nitrogens with zero attached hydrogens (tertiary/aromatic N) is 1. The van der Waals surface area contributed by atoms with Crippen LogP contribution in [0, 0.1) is 0 Å². The van der Waals surface area contributed by atoms with Crippen LogP contribution in [0.5, 0.6) is 11.5 Å². The second-order valence-corrected chi connectivity index (χ2v) is 5.16. The number of carbonyl (C=O) groups excluding carboxylic acids is 1. The number of ether oxygens (including phenoxy) is 2. The molecule has 0 aliphatic carbocycles. The molecule has 2 heterocycles. The van der Waals surface area contributed by atoms with Gasteiger partial charge in [0.25, 0.3) is 5.56 Å². The number of amides is 1. The molecule has 2 aromatic heterocycles. The quantitative estimate of drug-likeness (QED) is 0.750. The third-order valence-electron chi connectivity index (χ3n) is 3.70. The zero-order valence-corrected chi connectivity index (χ0v) is 13.3. The molecule has 7 nitrogen and oxygen atoms in total. The highest BCUT2D eigenvalue weighted by Crippen LogP contribution is 2.29. The summed E-state index contributed by atoms with van der Waals surface area (Å²) < 4.78 is 12.1. The zero-order valence-electron chi connectivity index (χ0n) is 13.3. The van der Waals surface area contributed by atoms with Gasteiger partial charge in [-0.05, 0) is 24.3 Å². The monoisotopic (exact) mass is 327 g/mol. The number of aromatic amines is 1. The van der Waals surface area contributed by atoms with Crippen molar-refractivity contribution in [1.29, 1.82) is 0 Å². The van der Waals surface area contributed by atoms with Crippen LogP contribution >= 0.6 is 0 Å². The van der Waals surface area contributed by atoms with Crippen LogP contribution in [0.3, 0.4) is 0 Å². The topological polar surface area (TPSA) is 85.4 Å². The van der Waals surface area contributed by atoms with E-state index in [9.17, 15) is 9.59 Å². The molecule has 0 unspecified atom stereocenters. The molecule has 0 saturated carbocycles. The number of pyridine rings is 1. The summed E-state index contributed by atoms with van der Waals surface area (Å²) in [5, 5.41) is 3.35. The standard InChI is InChI=1S/C17H17N3O4/c1-23-11-3-4-13(15(9-11)24-2)19-16(21)10-20-8-6-12-14(20)5-7-18-17(12)22/h3-9H,10H2,1-2H3,(H,18,22)(H,19,21). The first-order valence-corrected chi connectivity index (χ1v) is 7.31. The lowest BCUT2D eigenvalue weighted by Crippen LogP contribution is -2.19. The molecule has 0 saturated heterocycles. The SMILES string of the molecule is COc1ccc(NC(=O)Cn2ccc3c(=O)[nH]ccc32)c(OC)c1. The van der Waals surface area contributed by atoms with Gasteiger partial charge in [0, 0.05) is 18.5 Å². The molecule has 0 atom stereocenters. The number of H-pyrrole nitrogens is 1. The molecule has 7 heteroatoms. The average molecular weight is 327 g/mol. The minimum absolute atomic E-state index is 0.0855. The smallest absolute Gasteiger partial charge is 0.257 e. The molecule has 3 rings (SSSR count). The summed E-state index contributed by atoms with van der Waals surface area (Å²) in [7, 11) is 3.09. The van der Waals surface area contributed by atoms with Crippen LogP contribution in [0.25, 0.3) is 10.9 Å². The number of hydrogen-bond donors (Lipinski definition) is 2. The third kappa shape index (κ3) is 2.96. The molecule has 3 aromatic rings. The number of hydrogen-bond acceptors (Lipinski definition) is 4. The van der Waals surface area contributed by atoms with E-state index in [1.807, 2.05) is 0 Å². The highest BCUT2D eigenvalue weighted by molar-refractivity contribution is 5.93. The van der Waals surface area contributed by atoms with Crippen molar-refractivity contribution in [2.75, 3.05) is 19.5 Å². The Morgan fingerprint density at radius 1 is 1.21 bits per heavy atom. The van der Waals surface area contributed by atoms with E-state index < -0.39 is 0 Å².